The van der Waals surface area contributed by atoms with Crippen molar-refractivity contribution < 1.29 is 47.0 Å². The maximum Gasteiger partial charge on any atom is 0.435 e. The number of Topliss-reactive ketones (excluding diaryl/α,β-unsaturated/α-hetero) is 1. The van der Waals surface area contributed by atoms with E-state index in [9.17, 15) is 42.3 Å². The van der Waals surface area contributed by atoms with Crippen LogP contribution in [-0.2, 0) is 31.9 Å². The number of amides is 3. The van der Waals surface area contributed by atoms with E-state index in [4.69, 9.17) is 16.3 Å². The lowest BCUT2D eigenvalue weighted by Gasteiger charge is -2.32. The normalized spacial score (nSPS) is 15.6. The van der Waals surface area contributed by atoms with E-state index < -0.39 is 84.3 Å². The van der Waals surface area contributed by atoms with Gasteiger partial charge in [0.05, 0.1) is 12.1 Å². The molecule has 0 aliphatic carbocycles. The van der Waals surface area contributed by atoms with Crippen LogP contribution >= 0.6 is 11.6 Å². The molecule has 3 atom stereocenters. The molecular formula is C36H43ClF3N7O7. The van der Waals surface area contributed by atoms with Gasteiger partial charge in [0, 0.05) is 49.4 Å². The summed E-state index contributed by atoms with van der Waals surface area (Å²) in [6.45, 7) is 8.36. The number of carboxylic acid groups (broad SMARTS) is 1. The van der Waals surface area contributed by atoms with Crippen molar-refractivity contribution in [2.24, 2.45) is 5.92 Å². The van der Waals surface area contributed by atoms with Crippen LogP contribution in [0.5, 0.6) is 5.88 Å². The number of hydrogen-bond acceptors (Lipinski definition) is 9. The Hall–Kier alpha value is -5.00. The Morgan fingerprint density at radius 1 is 0.907 bits per heavy atom. The lowest BCUT2D eigenvalue weighted by molar-refractivity contribution is -0.142. The van der Waals surface area contributed by atoms with Gasteiger partial charge >= 0.3 is 12.1 Å². The highest BCUT2D eigenvalue weighted by Gasteiger charge is 2.36. The number of nitrogens with one attached hydrogen (secondary N) is 3. The zero-order valence-corrected chi connectivity index (χ0v) is 30.9. The summed E-state index contributed by atoms with van der Waals surface area (Å²) in [4.78, 5) is 68.8. The molecule has 1 aliphatic heterocycles. The molecule has 1 aliphatic rings. The van der Waals surface area contributed by atoms with Gasteiger partial charge in [0.1, 0.15) is 18.1 Å². The second-order valence-corrected chi connectivity index (χ2v) is 13.8. The van der Waals surface area contributed by atoms with E-state index in [0.29, 0.717) is 16.7 Å². The topological polar surface area (TPSA) is 175 Å². The number of alkyl halides is 3. The monoisotopic (exact) mass is 777 g/mol. The molecule has 0 spiro atoms. The number of ketones is 1. The molecule has 1 fully saturated rings. The minimum absolute atomic E-state index is 0.128. The molecule has 18 heteroatoms. The molecule has 2 heterocycles. The number of rotatable bonds is 16. The molecule has 2 aromatic carbocycles. The number of hydrogen-bond donors (Lipinski definition) is 4. The molecule has 3 amide bonds. The van der Waals surface area contributed by atoms with E-state index in [-0.39, 0.29) is 5.69 Å². The van der Waals surface area contributed by atoms with E-state index in [1.165, 1.54) is 31.2 Å². The first kappa shape index (κ1) is 41.8. The van der Waals surface area contributed by atoms with Gasteiger partial charge < -0.3 is 30.7 Å². The Kier molecular flexibility index (Phi) is 14.2. The van der Waals surface area contributed by atoms with Crippen molar-refractivity contribution in [3.8, 4) is 11.6 Å². The van der Waals surface area contributed by atoms with Crippen LogP contribution in [-0.4, -0.2) is 112 Å². The standard InChI is InChI=1S/C36H43ClF3N7O7/c1-21(2)32(43-34(52)24-7-5-23(6-8-24)19-46-15-13-45(4)14-16-46)35(53)41-22(3)33(51)42-27(17-31(49)50)28(48)20-54-30-18-29(36(38,39)40)44-47(30)26-11-9-25(37)10-12-26/h5-12,18,21-22,27,32H,13-17,19-20H2,1-4H3,(H,41,53)(H,42,51)(H,43,52)(H,49,50)/t22-,27-,32-/m0/s1. The number of aromatic nitrogens is 2. The Bertz CT molecular complexity index is 1790. The summed E-state index contributed by atoms with van der Waals surface area (Å²) >= 11 is 5.88. The highest BCUT2D eigenvalue weighted by molar-refractivity contribution is 6.30. The highest BCUT2D eigenvalue weighted by atomic mass is 35.5. The molecule has 0 unspecified atom stereocenters. The van der Waals surface area contributed by atoms with Gasteiger partial charge in [0.15, 0.2) is 18.1 Å². The number of carbonyl (C=O) groups is 5. The van der Waals surface area contributed by atoms with Crippen molar-refractivity contribution in [3.63, 3.8) is 0 Å². The second-order valence-electron chi connectivity index (χ2n) is 13.4. The van der Waals surface area contributed by atoms with E-state index >= 15 is 0 Å². The van der Waals surface area contributed by atoms with Crippen LogP contribution < -0.4 is 20.7 Å². The van der Waals surface area contributed by atoms with E-state index in [2.05, 4.69) is 37.9 Å². The summed E-state index contributed by atoms with van der Waals surface area (Å²) in [6, 6.07) is 9.16. The molecule has 14 nitrogen and oxygen atoms in total. The molecule has 4 rings (SSSR count). The Labute approximate surface area is 314 Å². The molecule has 54 heavy (non-hydrogen) atoms. The first-order chi connectivity index (χ1) is 25.4. The third-order valence-electron chi connectivity index (χ3n) is 8.69. The minimum atomic E-state index is -4.85. The van der Waals surface area contributed by atoms with Gasteiger partial charge in [-0.05, 0) is 61.9 Å². The molecule has 4 N–H and O–H groups in total. The molecule has 0 radical (unpaired) electrons. The quantitative estimate of drug-likeness (QED) is 0.169. The van der Waals surface area contributed by atoms with Gasteiger partial charge in [-0.1, -0.05) is 37.6 Å². The molecule has 3 aromatic rings. The SMILES string of the molecule is CC(C)[C@H](NC(=O)c1ccc(CN2CCN(C)CC2)cc1)C(=O)N[C@@H](C)C(=O)N[C@@H](CC(=O)O)C(=O)COc1cc(C(F)(F)F)nn1-c1ccc(Cl)cc1. The predicted octanol–water partition coefficient (Wildman–Crippen LogP) is 3.16. The van der Waals surface area contributed by atoms with Crippen LogP contribution in [0.4, 0.5) is 13.2 Å². The van der Waals surface area contributed by atoms with Crippen LogP contribution in [0, 0.1) is 5.92 Å². The Balaban J connectivity index is 1.36. The van der Waals surface area contributed by atoms with Crippen LogP contribution in [0.25, 0.3) is 5.69 Å². The molecule has 1 saturated heterocycles. The number of likely N-dealkylation sites (N-methyl/N-ethyl adjacent to an activating group) is 1. The fourth-order valence-corrected chi connectivity index (χ4v) is 5.61. The summed E-state index contributed by atoms with van der Waals surface area (Å²) < 4.78 is 46.6. The average Bonchev–Trinajstić information content (AvgIpc) is 3.55. The van der Waals surface area contributed by atoms with Crippen LogP contribution in [0.1, 0.15) is 48.8 Å². The number of halogens is 4. The summed E-state index contributed by atoms with van der Waals surface area (Å²) in [7, 11) is 2.08. The van der Waals surface area contributed by atoms with Crippen LogP contribution in [0.3, 0.4) is 0 Å². The van der Waals surface area contributed by atoms with Crippen molar-refractivity contribution >= 4 is 41.1 Å². The lowest BCUT2D eigenvalue weighted by Crippen LogP contribution is -2.56. The van der Waals surface area contributed by atoms with Crippen LogP contribution in [0.2, 0.25) is 5.02 Å². The Morgan fingerprint density at radius 3 is 2.11 bits per heavy atom. The van der Waals surface area contributed by atoms with E-state index in [0.717, 1.165) is 43.0 Å². The maximum absolute atomic E-state index is 13.5. The van der Waals surface area contributed by atoms with E-state index in [1.807, 2.05) is 12.1 Å². The first-order valence-electron chi connectivity index (χ1n) is 17.1. The minimum Gasteiger partial charge on any atom is -0.481 e. The van der Waals surface area contributed by atoms with Crippen LogP contribution in [0.15, 0.2) is 54.6 Å². The fourth-order valence-electron chi connectivity index (χ4n) is 5.49. The first-order valence-corrected chi connectivity index (χ1v) is 17.5. The van der Waals surface area contributed by atoms with Gasteiger partial charge in [0.25, 0.3) is 5.91 Å². The largest absolute Gasteiger partial charge is 0.481 e. The number of carbonyl (C=O) groups excluding carboxylic acids is 4. The molecule has 292 valence electrons. The molecule has 1 aromatic heterocycles. The summed E-state index contributed by atoms with van der Waals surface area (Å²) in [5, 5.41) is 20.7. The average molecular weight is 778 g/mol. The summed E-state index contributed by atoms with van der Waals surface area (Å²) in [5.41, 5.74) is 0.193. The number of piperazine rings is 1. The second kappa shape index (κ2) is 18.4. The zero-order valence-electron chi connectivity index (χ0n) is 30.2. The number of benzene rings is 2. The van der Waals surface area contributed by atoms with Gasteiger partial charge in [0.2, 0.25) is 17.7 Å². The number of nitrogens with zero attached hydrogens (tertiary/aromatic N) is 4. The Morgan fingerprint density at radius 2 is 1.54 bits per heavy atom. The third-order valence-corrected chi connectivity index (χ3v) is 8.94. The van der Waals surface area contributed by atoms with Gasteiger partial charge in [-0.3, -0.25) is 28.9 Å². The van der Waals surface area contributed by atoms with Gasteiger partial charge in [-0.25, -0.2) is 4.68 Å². The van der Waals surface area contributed by atoms with Gasteiger partial charge in [-0.15, -0.1) is 0 Å². The zero-order chi connectivity index (χ0) is 39.7. The van der Waals surface area contributed by atoms with Crippen molar-refractivity contribution in [2.45, 2.75) is 58.0 Å². The van der Waals surface area contributed by atoms with Crippen molar-refractivity contribution in [2.75, 3.05) is 39.8 Å². The van der Waals surface area contributed by atoms with Crippen molar-refractivity contribution in [1.29, 1.82) is 0 Å². The predicted molar refractivity (Wildman–Crippen MR) is 191 cm³/mol. The number of aliphatic carboxylic acids is 1. The summed E-state index contributed by atoms with van der Waals surface area (Å²) in [5.74, 6) is -5.47. The fraction of sp³-hybridized carbons (Fsp3) is 0.444. The van der Waals surface area contributed by atoms with Gasteiger partial charge in [-0.2, -0.15) is 18.3 Å². The van der Waals surface area contributed by atoms with Crippen molar-refractivity contribution in [3.05, 3.63) is 76.4 Å². The molecule has 0 bridgehead atoms. The smallest absolute Gasteiger partial charge is 0.435 e. The maximum atomic E-state index is 13.5. The summed E-state index contributed by atoms with van der Waals surface area (Å²) in [6.07, 6.45) is -5.74. The van der Waals surface area contributed by atoms with E-state index in [1.54, 1.807) is 26.0 Å². The highest BCUT2D eigenvalue weighted by Crippen LogP contribution is 2.32. The molecular weight excluding hydrogens is 735 g/mol. The third kappa shape index (κ3) is 11.8. The molecule has 0 saturated carbocycles. The number of carboxylic acids is 1. The van der Waals surface area contributed by atoms with Crippen molar-refractivity contribution in [1.82, 2.24) is 35.5 Å². The lowest BCUT2D eigenvalue weighted by atomic mass is 10.0. The number of ether oxygens (including phenoxy) is 1.